The summed E-state index contributed by atoms with van der Waals surface area (Å²) >= 11 is 0. The van der Waals surface area contributed by atoms with Gasteiger partial charge in [0.2, 0.25) is 10.0 Å². The van der Waals surface area contributed by atoms with E-state index in [4.69, 9.17) is 0 Å². The number of rotatable bonds is 8. The summed E-state index contributed by atoms with van der Waals surface area (Å²) in [6.07, 6.45) is 1.84. The molecule has 0 fully saturated rings. The van der Waals surface area contributed by atoms with E-state index in [0.717, 1.165) is 19.4 Å². The molecular formula is C14H24N2O2S. The van der Waals surface area contributed by atoms with E-state index in [-0.39, 0.29) is 0 Å². The standard InChI is InChI=1S/C14H24N2O2S/c1-13(2)16(3)12-8-7-11-15-19(17,18)14-9-5-4-6-10-14/h4-6,9-10,13,15H,7-8,11-12H2,1-3H3. The summed E-state index contributed by atoms with van der Waals surface area (Å²) < 4.78 is 26.5. The molecule has 0 bridgehead atoms. The fraction of sp³-hybridized carbons (Fsp3) is 0.571. The van der Waals surface area contributed by atoms with Gasteiger partial charge in [-0.15, -0.1) is 0 Å². The average molecular weight is 284 g/mol. The van der Waals surface area contributed by atoms with Gasteiger partial charge in [-0.25, -0.2) is 13.1 Å². The van der Waals surface area contributed by atoms with Gasteiger partial charge in [-0.3, -0.25) is 0 Å². The van der Waals surface area contributed by atoms with Crippen molar-refractivity contribution in [1.29, 1.82) is 0 Å². The summed E-state index contributed by atoms with van der Waals surface area (Å²) in [7, 11) is -1.26. The van der Waals surface area contributed by atoms with Crippen LogP contribution in [0.1, 0.15) is 26.7 Å². The Kier molecular flexibility index (Phi) is 6.48. The van der Waals surface area contributed by atoms with E-state index in [2.05, 4.69) is 30.5 Å². The third-order valence-electron chi connectivity index (χ3n) is 3.16. The van der Waals surface area contributed by atoms with Crippen molar-refractivity contribution in [3.05, 3.63) is 30.3 Å². The van der Waals surface area contributed by atoms with E-state index in [0.29, 0.717) is 17.5 Å². The Balaban J connectivity index is 2.30. The van der Waals surface area contributed by atoms with Crippen molar-refractivity contribution < 1.29 is 8.42 Å². The van der Waals surface area contributed by atoms with E-state index in [1.807, 2.05) is 0 Å². The van der Waals surface area contributed by atoms with E-state index in [1.165, 1.54) is 0 Å². The van der Waals surface area contributed by atoms with Crippen molar-refractivity contribution >= 4 is 10.0 Å². The van der Waals surface area contributed by atoms with E-state index in [1.54, 1.807) is 30.3 Å². The highest BCUT2D eigenvalue weighted by molar-refractivity contribution is 7.89. The van der Waals surface area contributed by atoms with Crippen LogP contribution in [0.25, 0.3) is 0 Å². The number of sulfonamides is 1. The molecule has 0 aromatic heterocycles. The topological polar surface area (TPSA) is 49.4 Å². The van der Waals surface area contributed by atoms with Gasteiger partial charge in [0.05, 0.1) is 4.90 Å². The van der Waals surface area contributed by atoms with Crippen LogP contribution in [-0.4, -0.2) is 39.5 Å². The molecule has 108 valence electrons. The normalized spacial score (nSPS) is 12.3. The molecule has 5 heteroatoms. The zero-order valence-electron chi connectivity index (χ0n) is 12.0. The summed E-state index contributed by atoms with van der Waals surface area (Å²) in [5, 5.41) is 0. The van der Waals surface area contributed by atoms with E-state index < -0.39 is 10.0 Å². The van der Waals surface area contributed by atoms with Crippen LogP contribution < -0.4 is 4.72 Å². The minimum Gasteiger partial charge on any atom is -0.304 e. The maximum absolute atomic E-state index is 11.9. The van der Waals surface area contributed by atoms with Gasteiger partial charge in [0.1, 0.15) is 0 Å². The van der Waals surface area contributed by atoms with Crippen LogP contribution in [0.4, 0.5) is 0 Å². The molecule has 0 unspecified atom stereocenters. The van der Waals surface area contributed by atoms with Crippen LogP contribution in [0, 0.1) is 0 Å². The molecule has 0 saturated carbocycles. The second kappa shape index (κ2) is 7.62. The predicted molar refractivity (Wildman–Crippen MR) is 78.6 cm³/mol. The van der Waals surface area contributed by atoms with Crippen molar-refractivity contribution in [2.75, 3.05) is 20.1 Å². The molecule has 1 aromatic rings. The minimum atomic E-state index is -3.34. The molecule has 4 nitrogen and oxygen atoms in total. The molecule has 0 heterocycles. The first-order chi connectivity index (χ1) is 8.93. The van der Waals surface area contributed by atoms with Gasteiger partial charge < -0.3 is 4.90 Å². The molecule has 0 aliphatic heterocycles. The van der Waals surface area contributed by atoms with Crippen LogP contribution in [0.5, 0.6) is 0 Å². The average Bonchev–Trinajstić information content (AvgIpc) is 2.39. The third-order valence-corrected chi connectivity index (χ3v) is 4.64. The van der Waals surface area contributed by atoms with Crippen LogP contribution in [0.15, 0.2) is 35.2 Å². The molecular weight excluding hydrogens is 260 g/mol. The smallest absolute Gasteiger partial charge is 0.240 e. The van der Waals surface area contributed by atoms with Gasteiger partial charge in [0.15, 0.2) is 0 Å². The van der Waals surface area contributed by atoms with Crippen LogP contribution in [0.3, 0.4) is 0 Å². The monoisotopic (exact) mass is 284 g/mol. The van der Waals surface area contributed by atoms with Gasteiger partial charge in [-0.05, 0) is 52.4 Å². The summed E-state index contributed by atoms with van der Waals surface area (Å²) in [5.41, 5.74) is 0. The van der Waals surface area contributed by atoms with Gasteiger partial charge >= 0.3 is 0 Å². The van der Waals surface area contributed by atoms with Crippen molar-refractivity contribution in [2.45, 2.75) is 37.6 Å². The van der Waals surface area contributed by atoms with Gasteiger partial charge in [-0.1, -0.05) is 18.2 Å². The van der Waals surface area contributed by atoms with Gasteiger partial charge in [0, 0.05) is 12.6 Å². The number of unbranched alkanes of at least 4 members (excludes halogenated alkanes) is 1. The Morgan fingerprint density at radius 3 is 2.37 bits per heavy atom. The number of nitrogens with one attached hydrogen (secondary N) is 1. The summed E-state index contributed by atoms with van der Waals surface area (Å²) in [6, 6.07) is 9.00. The van der Waals surface area contributed by atoms with Crippen molar-refractivity contribution in [3.63, 3.8) is 0 Å². The molecule has 0 atom stereocenters. The molecule has 1 N–H and O–H groups in total. The van der Waals surface area contributed by atoms with Gasteiger partial charge in [0.25, 0.3) is 0 Å². The highest BCUT2D eigenvalue weighted by Crippen LogP contribution is 2.07. The number of benzene rings is 1. The molecule has 0 aliphatic rings. The molecule has 0 saturated heterocycles. The third kappa shape index (κ3) is 5.72. The molecule has 1 aromatic carbocycles. The second-order valence-corrected chi connectivity index (χ2v) is 6.76. The first-order valence-corrected chi connectivity index (χ1v) is 8.17. The van der Waals surface area contributed by atoms with Crippen molar-refractivity contribution in [1.82, 2.24) is 9.62 Å². The Bertz CT molecular complexity index is 458. The lowest BCUT2D eigenvalue weighted by Crippen LogP contribution is -2.29. The molecule has 0 radical (unpaired) electrons. The zero-order valence-corrected chi connectivity index (χ0v) is 12.8. The Morgan fingerprint density at radius 2 is 1.79 bits per heavy atom. The molecule has 1 rings (SSSR count). The summed E-state index contributed by atoms with van der Waals surface area (Å²) in [4.78, 5) is 2.58. The quantitative estimate of drug-likeness (QED) is 0.744. The van der Waals surface area contributed by atoms with Crippen molar-refractivity contribution in [3.8, 4) is 0 Å². The highest BCUT2D eigenvalue weighted by atomic mass is 32.2. The summed E-state index contributed by atoms with van der Waals surface area (Å²) in [6.45, 7) is 5.78. The van der Waals surface area contributed by atoms with Crippen molar-refractivity contribution in [2.24, 2.45) is 0 Å². The Morgan fingerprint density at radius 1 is 1.16 bits per heavy atom. The van der Waals surface area contributed by atoms with E-state index in [9.17, 15) is 8.42 Å². The SMILES string of the molecule is CC(C)N(C)CCCCNS(=O)(=O)c1ccccc1. The molecule has 19 heavy (non-hydrogen) atoms. The maximum atomic E-state index is 11.9. The fourth-order valence-electron chi connectivity index (χ4n) is 1.63. The zero-order chi connectivity index (χ0) is 14.3. The first kappa shape index (κ1) is 16.1. The Hall–Kier alpha value is -0.910. The Labute approximate surface area is 116 Å². The molecule has 0 amide bonds. The predicted octanol–water partition coefficient (Wildman–Crippen LogP) is 2.09. The second-order valence-electron chi connectivity index (χ2n) is 4.99. The first-order valence-electron chi connectivity index (χ1n) is 6.68. The van der Waals surface area contributed by atoms with Crippen LogP contribution in [0.2, 0.25) is 0 Å². The number of nitrogens with zero attached hydrogens (tertiary/aromatic N) is 1. The number of hydrogen-bond acceptors (Lipinski definition) is 3. The lowest BCUT2D eigenvalue weighted by molar-refractivity contribution is 0.268. The fourth-order valence-corrected chi connectivity index (χ4v) is 2.73. The largest absolute Gasteiger partial charge is 0.304 e. The lowest BCUT2D eigenvalue weighted by Gasteiger charge is -2.20. The molecule has 0 spiro atoms. The molecule has 0 aliphatic carbocycles. The maximum Gasteiger partial charge on any atom is 0.240 e. The summed E-state index contributed by atoms with van der Waals surface area (Å²) in [5.74, 6) is 0. The van der Waals surface area contributed by atoms with E-state index >= 15 is 0 Å². The minimum absolute atomic E-state index is 0.328. The lowest BCUT2D eigenvalue weighted by atomic mass is 10.2. The van der Waals surface area contributed by atoms with Crippen LogP contribution in [-0.2, 0) is 10.0 Å². The van der Waals surface area contributed by atoms with Crippen LogP contribution >= 0.6 is 0 Å². The number of hydrogen-bond donors (Lipinski definition) is 1. The van der Waals surface area contributed by atoms with Gasteiger partial charge in [-0.2, -0.15) is 0 Å². The highest BCUT2D eigenvalue weighted by Gasteiger charge is 2.11.